The average Bonchev–Trinajstić information content (AvgIpc) is 3.24. The summed E-state index contributed by atoms with van der Waals surface area (Å²) in [4.78, 5) is 25.7. The quantitative estimate of drug-likeness (QED) is 0.657. The summed E-state index contributed by atoms with van der Waals surface area (Å²) in [5.74, 6) is -0.639. The molecule has 5 nitrogen and oxygen atoms in total. The van der Waals surface area contributed by atoms with E-state index in [1.54, 1.807) is 30.0 Å². The van der Waals surface area contributed by atoms with Crippen molar-refractivity contribution in [2.24, 2.45) is 0 Å². The normalized spacial score (nSPS) is 13.9. The molecule has 5 heteroatoms. The van der Waals surface area contributed by atoms with Crippen LogP contribution in [0.2, 0.25) is 0 Å². The molecule has 0 bridgehead atoms. The van der Waals surface area contributed by atoms with Gasteiger partial charge in [0.15, 0.2) is 6.61 Å². The average molecular weight is 276 g/mol. The van der Waals surface area contributed by atoms with Crippen molar-refractivity contribution in [3.05, 3.63) is 29.3 Å². The maximum absolute atomic E-state index is 12.0. The summed E-state index contributed by atoms with van der Waals surface area (Å²) < 4.78 is 5.10. The highest BCUT2D eigenvalue weighted by Gasteiger charge is 2.31. The second-order valence-electron chi connectivity index (χ2n) is 5.01. The Balaban J connectivity index is 1.94. The number of carbonyl (C=O) groups is 2. The molecule has 0 aliphatic heterocycles. The van der Waals surface area contributed by atoms with E-state index in [9.17, 15) is 9.59 Å². The SMILES string of the molecule is CCN(C(=O)COC(=O)c1cccc(N)c1C)C1CC1. The molecule has 0 saturated heterocycles. The molecule has 1 amide bonds. The van der Waals surface area contributed by atoms with Crippen LogP contribution in [-0.4, -0.2) is 36.0 Å². The summed E-state index contributed by atoms with van der Waals surface area (Å²) in [6, 6.07) is 5.41. The molecule has 0 aromatic heterocycles. The fourth-order valence-corrected chi connectivity index (χ4v) is 2.19. The number of benzene rings is 1. The molecule has 0 radical (unpaired) electrons. The van der Waals surface area contributed by atoms with Crippen molar-refractivity contribution in [1.29, 1.82) is 0 Å². The van der Waals surface area contributed by atoms with Gasteiger partial charge in [0.1, 0.15) is 0 Å². The summed E-state index contributed by atoms with van der Waals surface area (Å²) in [5, 5.41) is 0. The van der Waals surface area contributed by atoms with Gasteiger partial charge in [-0.1, -0.05) is 6.07 Å². The zero-order valence-electron chi connectivity index (χ0n) is 11.9. The summed E-state index contributed by atoms with van der Waals surface area (Å²) in [6.07, 6.45) is 2.09. The summed E-state index contributed by atoms with van der Waals surface area (Å²) in [6.45, 7) is 4.13. The van der Waals surface area contributed by atoms with Crippen molar-refractivity contribution in [3.8, 4) is 0 Å². The molecule has 0 atom stereocenters. The lowest BCUT2D eigenvalue weighted by Crippen LogP contribution is -2.36. The molecular weight excluding hydrogens is 256 g/mol. The molecule has 1 fully saturated rings. The van der Waals surface area contributed by atoms with Crippen LogP contribution in [0.3, 0.4) is 0 Å². The highest BCUT2D eigenvalue weighted by molar-refractivity contribution is 5.94. The van der Waals surface area contributed by atoms with Crippen LogP contribution < -0.4 is 5.73 Å². The Morgan fingerprint density at radius 3 is 2.70 bits per heavy atom. The third-order valence-corrected chi connectivity index (χ3v) is 3.57. The fraction of sp³-hybridized carbons (Fsp3) is 0.467. The van der Waals surface area contributed by atoms with Crippen LogP contribution in [0.4, 0.5) is 5.69 Å². The number of carbonyl (C=O) groups excluding carboxylic acids is 2. The van der Waals surface area contributed by atoms with Crippen LogP contribution in [0.1, 0.15) is 35.7 Å². The van der Waals surface area contributed by atoms with Gasteiger partial charge in [-0.05, 0) is 44.4 Å². The Morgan fingerprint density at radius 2 is 2.10 bits per heavy atom. The van der Waals surface area contributed by atoms with Crippen LogP contribution in [0.5, 0.6) is 0 Å². The van der Waals surface area contributed by atoms with E-state index >= 15 is 0 Å². The van der Waals surface area contributed by atoms with E-state index in [2.05, 4.69) is 0 Å². The molecule has 1 aliphatic carbocycles. The minimum absolute atomic E-state index is 0.134. The lowest BCUT2D eigenvalue weighted by molar-refractivity contribution is -0.134. The summed E-state index contributed by atoms with van der Waals surface area (Å²) in [5.41, 5.74) is 7.38. The van der Waals surface area contributed by atoms with Crippen molar-refractivity contribution in [1.82, 2.24) is 4.90 Å². The van der Waals surface area contributed by atoms with Gasteiger partial charge < -0.3 is 15.4 Å². The van der Waals surface area contributed by atoms with Crippen molar-refractivity contribution in [3.63, 3.8) is 0 Å². The van der Waals surface area contributed by atoms with Gasteiger partial charge in [-0.3, -0.25) is 4.79 Å². The number of amides is 1. The molecule has 0 heterocycles. The first kappa shape index (κ1) is 14.4. The van der Waals surface area contributed by atoms with Crippen molar-refractivity contribution < 1.29 is 14.3 Å². The minimum atomic E-state index is -0.505. The smallest absolute Gasteiger partial charge is 0.338 e. The van der Waals surface area contributed by atoms with E-state index in [4.69, 9.17) is 10.5 Å². The van der Waals surface area contributed by atoms with Gasteiger partial charge >= 0.3 is 5.97 Å². The van der Waals surface area contributed by atoms with Crippen molar-refractivity contribution in [2.75, 3.05) is 18.9 Å². The Labute approximate surface area is 118 Å². The Kier molecular flexibility index (Phi) is 4.27. The molecular formula is C15H20N2O3. The number of rotatable bonds is 5. The van der Waals surface area contributed by atoms with E-state index in [1.165, 1.54) is 0 Å². The predicted molar refractivity (Wildman–Crippen MR) is 76.3 cm³/mol. The van der Waals surface area contributed by atoms with Gasteiger partial charge in [0.2, 0.25) is 0 Å². The first-order valence-electron chi connectivity index (χ1n) is 6.86. The van der Waals surface area contributed by atoms with Gasteiger partial charge in [0.05, 0.1) is 5.56 Å². The van der Waals surface area contributed by atoms with E-state index < -0.39 is 5.97 Å². The molecule has 108 valence electrons. The number of likely N-dealkylation sites (N-methyl/N-ethyl adjacent to an activating group) is 1. The molecule has 0 unspecified atom stereocenters. The number of hydrogen-bond donors (Lipinski definition) is 1. The molecule has 1 aromatic rings. The largest absolute Gasteiger partial charge is 0.452 e. The minimum Gasteiger partial charge on any atom is -0.452 e. The van der Waals surface area contributed by atoms with Crippen LogP contribution in [0.15, 0.2) is 18.2 Å². The number of nitrogens with two attached hydrogens (primary N) is 1. The lowest BCUT2D eigenvalue weighted by Gasteiger charge is -2.20. The second kappa shape index (κ2) is 5.94. The molecule has 20 heavy (non-hydrogen) atoms. The first-order valence-corrected chi connectivity index (χ1v) is 6.86. The number of ether oxygens (including phenoxy) is 1. The highest BCUT2D eigenvalue weighted by Crippen LogP contribution is 2.26. The third kappa shape index (κ3) is 3.10. The van der Waals surface area contributed by atoms with Crippen LogP contribution in [0, 0.1) is 6.92 Å². The predicted octanol–water partition coefficient (Wildman–Crippen LogP) is 1.74. The molecule has 2 N–H and O–H groups in total. The number of nitrogens with zero attached hydrogens (tertiary/aromatic N) is 1. The Morgan fingerprint density at radius 1 is 1.40 bits per heavy atom. The topological polar surface area (TPSA) is 72.6 Å². The van der Waals surface area contributed by atoms with Gasteiger partial charge in [0.25, 0.3) is 5.91 Å². The van der Waals surface area contributed by atoms with E-state index in [0.717, 1.165) is 12.8 Å². The summed E-state index contributed by atoms with van der Waals surface area (Å²) in [7, 11) is 0. The molecule has 0 spiro atoms. The standard InChI is InChI=1S/C15H20N2O3/c1-3-17(11-7-8-11)14(18)9-20-15(19)12-5-4-6-13(16)10(12)2/h4-6,11H,3,7-9,16H2,1-2H3. The van der Waals surface area contributed by atoms with E-state index in [-0.39, 0.29) is 12.5 Å². The Hall–Kier alpha value is -2.04. The number of esters is 1. The molecule has 1 aliphatic rings. The van der Waals surface area contributed by atoms with E-state index in [1.807, 2.05) is 6.92 Å². The maximum atomic E-state index is 12.0. The molecule has 1 aromatic carbocycles. The van der Waals surface area contributed by atoms with Crippen LogP contribution in [-0.2, 0) is 9.53 Å². The Bertz CT molecular complexity index is 524. The molecule has 1 saturated carbocycles. The second-order valence-corrected chi connectivity index (χ2v) is 5.01. The number of anilines is 1. The zero-order valence-corrected chi connectivity index (χ0v) is 11.9. The third-order valence-electron chi connectivity index (χ3n) is 3.57. The zero-order chi connectivity index (χ0) is 14.7. The van der Waals surface area contributed by atoms with Crippen molar-refractivity contribution in [2.45, 2.75) is 32.7 Å². The van der Waals surface area contributed by atoms with E-state index in [0.29, 0.717) is 29.4 Å². The first-order chi connectivity index (χ1) is 9.54. The van der Waals surface area contributed by atoms with Crippen LogP contribution >= 0.6 is 0 Å². The highest BCUT2D eigenvalue weighted by atomic mass is 16.5. The van der Waals surface area contributed by atoms with Gasteiger partial charge in [0, 0.05) is 18.3 Å². The number of nitrogen functional groups attached to an aromatic ring is 1. The monoisotopic (exact) mass is 276 g/mol. The van der Waals surface area contributed by atoms with Gasteiger partial charge in [-0.2, -0.15) is 0 Å². The lowest BCUT2D eigenvalue weighted by atomic mass is 10.1. The fourth-order valence-electron chi connectivity index (χ4n) is 2.19. The van der Waals surface area contributed by atoms with Crippen LogP contribution in [0.25, 0.3) is 0 Å². The van der Waals surface area contributed by atoms with Gasteiger partial charge in [-0.15, -0.1) is 0 Å². The van der Waals surface area contributed by atoms with Gasteiger partial charge in [-0.25, -0.2) is 4.79 Å². The maximum Gasteiger partial charge on any atom is 0.338 e. The molecule has 2 rings (SSSR count). The van der Waals surface area contributed by atoms with Crippen molar-refractivity contribution >= 4 is 17.6 Å². The summed E-state index contributed by atoms with van der Waals surface area (Å²) >= 11 is 0. The number of hydrogen-bond acceptors (Lipinski definition) is 4.